The fraction of sp³-hybridized carbons (Fsp3) is 0.417. The lowest BCUT2D eigenvalue weighted by Crippen LogP contribution is -2.41. The average molecular weight is 238 g/mol. The molecule has 0 heterocycles. The maximum absolute atomic E-state index is 13.5. The van der Waals surface area contributed by atoms with Gasteiger partial charge in [0.1, 0.15) is 5.82 Å². The molecule has 5 heteroatoms. The Morgan fingerprint density at radius 2 is 2.18 bits per heavy atom. The summed E-state index contributed by atoms with van der Waals surface area (Å²) in [6, 6.07) is 4.36. The number of carbonyl (C=O) groups excluding carboxylic acids is 1. The predicted molar refractivity (Wildman–Crippen MR) is 60.7 cm³/mol. The summed E-state index contributed by atoms with van der Waals surface area (Å²) < 4.78 is 19.0. The van der Waals surface area contributed by atoms with E-state index in [0.29, 0.717) is 5.56 Å². The standard InChI is InChI=1S/C12H15FN2O2/c13-11-3-7(12(15)16)1-2-8(11)6-17-10-4-9(14)5-10/h1-3,9-10H,4-6,14H2,(H2,15,16). The minimum absolute atomic E-state index is 0.125. The molecule has 0 radical (unpaired) electrons. The SMILES string of the molecule is NC(=O)c1ccc(COC2CC(N)C2)c(F)c1. The predicted octanol–water partition coefficient (Wildman–Crippen LogP) is 0.931. The van der Waals surface area contributed by atoms with Gasteiger partial charge in [-0.05, 0) is 25.0 Å². The topological polar surface area (TPSA) is 78.3 Å². The molecule has 4 nitrogen and oxygen atoms in total. The Morgan fingerprint density at radius 3 is 2.71 bits per heavy atom. The maximum Gasteiger partial charge on any atom is 0.248 e. The Balaban J connectivity index is 1.94. The smallest absolute Gasteiger partial charge is 0.248 e. The first-order valence-electron chi connectivity index (χ1n) is 5.51. The number of halogens is 1. The van der Waals surface area contributed by atoms with E-state index in [1.807, 2.05) is 0 Å². The van der Waals surface area contributed by atoms with Crippen LogP contribution >= 0.6 is 0 Å². The fourth-order valence-electron chi connectivity index (χ4n) is 1.77. The number of carbonyl (C=O) groups is 1. The highest BCUT2D eigenvalue weighted by Crippen LogP contribution is 2.23. The van der Waals surface area contributed by atoms with E-state index in [4.69, 9.17) is 16.2 Å². The lowest BCUT2D eigenvalue weighted by molar-refractivity contribution is -0.0198. The number of primary amides is 1. The molecule has 1 fully saturated rings. The molecule has 0 bridgehead atoms. The molecule has 0 atom stereocenters. The van der Waals surface area contributed by atoms with Crippen molar-refractivity contribution in [3.8, 4) is 0 Å². The number of rotatable bonds is 4. The highest BCUT2D eigenvalue weighted by molar-refractivity contribution is 5.92. The van der Waals surface area contributed by atoms with Crippen LogP contribution in [-0.4, -0.2) is 18.1 Å². The molecule has 0 saturated heterocycles. The molecule has 4 N–H and O–H groups in total. The Morgan fingerprint density at radius 1 is 1.47 bits per heavy atom. The van der Waals surface area contributed by atoms with Crippen LogP contribution in [0.3, 0.4) is 0 Å². The van der Waals surface area contributed by atoms with Crippen LogP contribution in [0.25, 0.3) is 0 Å². The van der Waals surface area contributed by atoms with Gasteiger partial charge in [-0.2, -0.15) is 0 Å². The van der Waals surface area contributed by atoms with Gasteiger partial charge in [-0.25, -0.2) is 4.39 Å². The second-order valence-electron chi connectivity index (χ2n) is 4.33. The molecule has 0 unspecified atom stereocenters. The molecular formula is C12H15FN2O2. The quantitative estimate of drug-likeness (QED) is 0.819. The summed E-state index contributed by atoms with van der Waals surface area (Å²) in [5, 5.41) is 0. The zero-order valence-electron chi connectivity index (χ0n) is 9.36. The Bertz CT molecular complexity index is 431. The van der Waals surface area contributed by atoms with E-state index in [1.165, 1.54) is 12.1 Å². The van der Waals surface area contributed by atoms with Crippen LogP contribution in [-0.2, 0) is 11.3 Å². The summed E-state index contributed by atoms with van der Waals surface area (Å²) in [5.74, 6) is -1.11. The zero-order chi connectivity index (χ0) is 12.4. The number of nitrogens with two attached hydrogens (primary N) is 2. The van der Waals surface area contributed by atoms with Gasteiger partial charge in [-0.15, -0.1) is 0 Å². The van der Waals surface area contributed by atoms with Crippen molar-refractivity contribution in [1.29, 1.82) is 0 Å². The summed E-state index contributed by atoms with van der Waals surface area (Å²) in [4.78, 5) is 10.8. The molecule has 1 amide bonds. The third kappa shape index (κ3) is 2.81. The van der Waals surface area contributed by atoms with Gasteiger partial charge in [0.2, 0.25) is 5.91 Å². The van der Waals surface area contributed by atoms with E-state index in [-0.39, 0.29) is 24.3 Å². The molecule has 0 spiro atoms. The lowest BCUT2D eigenvalue weighted by atomic mass is 9.90. The van der Waals surface area contributed by atoms with Crippen molar-refractivity contribution in [2.45, 2.75) is 31.6 Å². The first kappa shape index (κ1) is 12.0. The molecule has 92 valence electrons. The molecule has 17 heavy (non-hydrogen) atoms. The molecule has 1 aromatic rings. The average Bonchev–Trinajstić information content (AvgIpc) is 2.24. The summed E-state index contributed by atoms with van der Waals surface area (Å²) in [5.41, 5.74) is 11.3. The van der Waals surface area contributed by atoms with E-state index < -0.39 is 11.7 Å². The van der Waals surface area contributed by atoms with E-state index in [1.54, 1.807) is 0 Å². The lowest BCUT2D eigenvalue weighted by Gasteiger charge is -2.32. The van der Waals surface area contributed by atoms with Crippen molar-refractivity contribution >= 4 is 5.91 Å². The van der Waals surface area contributed by atoms with Gasteiger partial charge >= 0.3 is 0 Å². The minimum atomic E-state index is -0.638. The van der Waals surface area contributed by atoms with Crippen LogP contribution in [0.15, 0.2) is 18.2 Å². The fourth-order valence-corrected chi connectivity index (χ4v) is 1.77. The first-order chi connectivity index (χ1) is 8.06. The van der Waals surface area contributed by atoms with Crippen LogP contribution < -0.4 is 11.5 Å². The highest BCUT2D eigenvalue weighted by Gasteiger charge is 2.26. The van der Waals surface area contributed by atoms with Crippen molar-refractivity contribution in [2.24, 2.45) is 11.5 Å². The molecule has 1 aromatic carbocycles. The summed E-state index contributed by atoms with van der Waals surface area (Å²) >= 11 is 0. The molecule has 0 aromatic heterocycles. The largest absolute Gasteiger partial charge is 0.373 e. The van der Waals surface area contributed by atoms with Gasteiger partial charge in [0.05, 0.1) is 12.7 Å². The molecule has 1 aliphatic rings. The van der Waals surface area contributed by atoms with Gasteiger partial charge in [-0.3, -0.25) is 4.79 Å². The van der Waals surface area contributed by atoms with Gasteiger partial charge in [-0.1, -0.05) is 6.07 Å². The normalized spacial score (nSPS) is 23.2. The van der Waals surface area contributed by atoms with Gasteiger partial charge in [0, 0.05) is 17.2 Å². The summed E-state index contributed by atoms with van der Waals surface area (Å²) in [6.45, 7) is 0.197. The van der Waals surface area contributed by atoms with Crippen molar-refractivity contribution in [3.05, 3.63) is 35.1 Å². The number of amides is 1. The monoisotopic (exact) mass is 238 g/mol. The molecule has 2 rings (SSSR count). The number of hydrogen-bond donors (Lipinski definition) is 2. The van der Waals surface area contributed by atoms with Crippen molar-refractivity contribution < 1.29 is 13.9 Å². The van der Waals surface area contributed by atoms with Crippen molar-refractivity contribution in [3.63, 3.8) is 0 Å². The van der Waals surface area contributed by atoms with Gasteiger partial charge in [0.15, 0.2) is 0 Å². The van der Waals surface area contributed by atoms with E-state index in [0.717, 1.165) is 18.9 Å². The van der Waals surface area contributed by atoms with Crippen LogP contribution in [0.2, 0.25) is 0 Å². The summed E-state index contributed by atoms with van der Waals surface area (Å²) in [7, 11) is 0. The number of hydrogen-bond acceptors (Lipinski definition) is 3. The maximum atomic E-state index is 13.5. The summed E-state index contributed by atoms with van der Waals surface area (Å²) in [6.07, 6.45) is 1.77. The van der Waals surface area contributed by atoms with Crippen LogP contribution in [0.1, 0.15) is 28.8 Å². The van der Waals surface area contributed by atoms with Crippen molar-refractivity contribution in [1.82, 2.24) is 0 Å². The second-order valence-corrected chi connectivity index (χ2v) is 4.33. The van der Waals surface area contributed by atoms with E-state index >= 15 is 0 Å². The van der Waals surface area contributed by atoms with E-state index in [9.17, 15) is 9.18 Å². The van der Waals surface area contributed by atoms with Crippen molar-refractivity contribution in [2.75, 3.05) is 0 Å². The van der Waals surface area contributed by atoms with Gasteiger partial charge in [0.25, 0.3) is 0 Å². The minimum Gasteiger partial charge on any atom is -0.373 e. The Labute approximate surface area is 98.7 Å². The molecule has 1 aliphatic carbocycles. The molecular weight excluding hydrogens is 223 g/mol. The third-order valence-electron chi connectivity index (χ3n) is 2.94. The Hall–Kier alpha value is -1.46. The van der Waals surface area contributed by atoms with Gasteiger partial charge < -0.3 is 16.2 Å². The van der Waals surface area contributed by atoms with E-state index in [2.05, 4.69) is 0 Å². The molecule has 0 aliphatic heterocycles. The van der Waals surface area contributed by atoms with Crippen LogP contribution in [0, 0.1) is 5.82 Å². The molecule has 1 saturated carbocycles. The third-order valence-corrected chi connectivity index (χ3v) is 2.94. The highest BCUT2D eigenvalue weighted by atomic mass is 19.1. The number of ether oxygens (including phenoxy) is 1. The van der Waals surface area contributed by atoms with Crippen LogP contribution in [0.4, 0.5) is 4.39 Å². The second kappa shape index (κ2) is 4.81. The Kier molecular flexibility index (Phi) is 3.40. The van der Waals surface area contributed by atoms with Crippen LogP contribution in [0.5, 0.6) is 0 Å². The first-order valence-corrected chi connectivity index (χ1v) is 5.51. The zero-order valence-corrected chi connectivity index (χ0v) is 9.36. The number of benzene rings is 1.